The van der Waals surface area contributed by atoms with E-state index in [4.69, 9.17) is 4.74 Å². The van der Waals surface area contributed by atoms with E-state index in [1.54, 1.807) is 23.3 Å². The van der Waals surface area contributed by atoms with Crippen LogP contribution in [0.3, 0.4) is 0 Å². The van der Waals surface area contributed by atoms with Crippen molar-refractivity contribution in [3.05, 3.63) is 42.6 Å². The maximum Gasteiger partial charge on any atom is 0.271 e. The molecule has 2 aromatic heterocycles. The van der Waals surface area contributed by atoms with Crippen LogP contribution in [0.25, 0.3) is 0 Å². The molecule has 2 saturated heterocycles. The third kappa shape index (κ3) is 3.38. The minimum Gasteiger partial charge on any atom is -0.388 e. The van der Waals surface area contributed by atoms with Gasteiger partial charge in [-0.15, -0.1) is 0 Å². The maximum absolute atomic E-state index is 12.6. The minimum atomic E-state index is -0.799. The molecular formula is C20H27N5O3. The van der Waals surface area contributed by atoms with Crippen LogP contribution >= 0.6 is 0 Å². The summed E-state index contributed by atoms with van der Waals surface area (Å²) in [6.45, 7) is 3.89. The summed E-state index contributed by atoms with van der Waals surface area (Å²) >= 11 is 0. The van der Waals surface area contributed by atoms with Gasteiger partial charge in [-0.1, -0.05) is 6.07 Å². The summed E-state index contributed by atoms with van der Waals surface area (Å²) in [4.78, 5) is 23.4. The van der Waals surface area contributed by atoms with E-state index in [1.165, 1.54) is 0 Å². The van der Waals surface area contributed by atoms with Crippen molar-refractivity contribution in [3.8, 4) is 0 Å². The zero-order chi connectivity index (χ0) is 19.8. The monoisotopic (exact) mass is 385 g/mol. The molecule has 2 atom stereocenters. The van der Waals surface area contributed by atoms with Crippen molar-refractivity contribution in [2.24, 2.45) is 7.05 Å². The van der Waals surface area contributed by atoms with E-state index in [0.717, 1.165) is 18.9 Å². The number of amides is 1. The fraction of sp³-hybridized carbons (Fsp3) is 0.550. The highest BCUT2D eigenvalue weighted by Gasteiger charge is 2.54. The summed E-state index contributed by atoms with van der Waals surface area (Å²) in [5, 5.41) is 14.3. The Morgan fingerprint density at radius 3 is 2.71 bits per heavy atom. The van der Waals surface area contributed by atoms with E-state index in [9.17, 15) is 9.90 Å². The van der Waals surface area contributed by atoms with Crippen LogP contribution < -0.4 is 10.2 Å². The van der Waals surface area contributed by atoms with Crippen molar-refractivity contribution in [2.45, 2.75) is 43.4 Å². The lowest BCUT2D eigenvalue weighted by Gasteiger charge is -2.53. The van der Waals surface area contributed by atoms with Gasteiger partial charge in [0, 0.05) is 39.1 Å². The second-order valence-electron chi connectivity index (χ2n) is 8.04. The fourth-order valence-corrected chi connectivity index (χ4v) is 4.32. The van der Waals surface area contributed by atoms with Crippen molar-refractivity contribution in [3.63, 3.8) is 0 Å². The van der Waals surface area contributed by atoms with Crippen LogP contribution in [-0.2, 0) is 11.8 Å². The lowest BCUT2D eigenvalue weighted by molar-refractivity contribution is -0.195. The Kier molecular flexibility index (Phi) is 4.84. The lowest BCUT2D eigenvalue weighted by atomic mass is 9.73. The summed E-state index contributed by atoms with van der Waals surface area (Å²) < 4.78 is 7.85. The number of aliphatic hydroxyl groups is 1. The zero-order valence-corrected chi connectivity index (χ0v) is 16.3. The standard InChI is InChI=1S/C20H27N5O3/c1-19(23-17(26)15-13-24(2)14-22-15)8-12-28-20(18(19)27)6-10-25(11-7-20)16-5-3-4-9-21-16/h3-5,9,13-14,18,27H,6-8,10-12H2,1-2H3,(H,23,26)/t18-,19+/m0/s1. The van der Waals surface area contributed by atoms with Crippen LogP contribution in [0.1, 0.15) is 36.7 Å². The van der Waals surface area contributed by atoms with Crippen LogP contribution in [0.4, 0.5) is 5.82 Å². The molecule has 28 heavy (non-hydrogen) atoms. The van der Waals surface area contributed by atoms with Gasteiger partial charge in [0.25, 0.3) is 5.91 Å². The molecule has 0 aliphatic carbocycles. The zero-order valence-electron chi connectivity index (χ0n) is 16.3. The summed E-state index contributed by atoms with van der Waals surface area (Å²) in [6, 6.07) is 5.87. The number of hydrogen-bond donors (Lipinski definition) is 2. The molecule has 8 nitrogen and oxygen atoms in total. The first-order valence-electron chi connectivity index (χ1n) is 9.70. The number of hydrogen-bond acceptors (Lipinski definition) is 6. The Balaban J connectivity index is 1.47. The molecule has 0 bridgehead atoms. The molecule has 0 aromatic carbocycles. The van der Waals surface area contributed by atoms with E-state index in [-0.39, 0.29) is 5.91 Å². The Morgan fingerprint density at radius 2 is 2.07 bits per heavy atom. The van der Waals surface area contributed by atoms with Gasteiger partial charge < -0.3 is 24.6 Å². The summed E-state index contributed by atoms with van der Waals surface area (Å²) in [6.07, 6.45) is 6.17. The second kappa shape index (κ2) is 7.18. The van der Waals surface area contributed by atoms with Gasteiger partial charge in [-0.3, -0.25) is 4.79 Å². The smallest absolute Gasteiger partial charge is 0.271 e. The van der Waals surface area contributed by atoms with Crippen molar-refractivity contribution in [1.82, 2.24) is 19.9 Å². The molecule has 2 aromatic rings. The highest BCUT2D eigenvalue weighted by Crippen LogP contribution is 2.40. The molecule has 4 heterocycles. The third-order valence-corrected chi connectivity index (χ3v) is 6.03. The molecule has 2 fully saturated rings. The first-order chi connectivity index (χ1) is 13.4. The molecule has 1 spiro atoms. The quantitative estimate of drug-likeness (QED) is 0.823. The van der Waals surface area contributed by atoms with Crippen molar-refractivity contribution < 1.29 is 14.6 Å². The number of nitrogens with one attached hydrogen (secondary N) is 1. The van der Waals surface area contributed by atoms with Crippen LogP contribution in [0, 0.1) is 0 Å². The normalized spacial score (nSPS) is 27.0. The first-order valence-corrected chi connectivity index (χ1v) is 9.70. The molecule has 1 amide bonds. The van der Waals surface area contributed by atoms with Gasteiger partial charge in [-0.2, -0.15) is 0 Å². The van der Waals surface area contributed by atoms with E-state index in [2.05, 4.69) is 20.2 Å². The molecule has 0 saturated carbocycles. The van der Waals surface area contributed by atoms with E-state index >= 15 is 0 Å². The SMILES string of the molecule is Cn1cnc(C(=O)N[C@]2(C)CCOC3(CCN(c4ccccn4)CC3)[C@H]2O)c1. The van der Waals surface area contributed by atoms with E-state index in [1.807, 2.05) is 32.2 Å². The minimum absolute atomic E-state index is 0.273. The third-order valence-electron chi connectivity index (χ3n) is 6.03. The number of pyridine rings is 1. The number of rotatable bonds is 3. The van der Waals surface area contributed by atoms with Gasteiger partial charge >= 0.3 is 0 Å². The number of ether oxygens (including phenoxy) is 1. The number of carbonyl (C=O) groups is 1. The number of nitrogens with zero attached hydrogens (tertiary/aromatic N) is 4. The lowest BCUT2D eigenvalue weighted by Crippen LogP contribution is -2.69. The average molecular weight is 385 g/mol. The number of carbonyl (C=O) groups excluding carboxylic acids is 1. The number of imidazole rings is 1. The van der Waals surface area contributed by atoms with Crippen LogP contribution in [0.2, 0.25) is 0 Å². The van der Waals surface area contributed by atoms with Crippen molar-refractivity contribution in [2.75, 3.05) is 24.6 Å². The molecule has 4 rings (SSSR count). The molecule has 2 aliphatic heterocycles. The Morgan fingerprint density at radius 1 is 1.29 bits per heavy atom. The predicted molar refractivity (Wildman–Crippen MR) is 104 cm³/mol. The van der Waals surface area contributed by atoms with Crippen LogP contribution in [0.5, 0.6) is 0 Å². The largest absolute Gasteiger partial charge is 0.388 e. The average Bonchev–Trinajstić information content (AvgIpc) is 3.14. The molecule has 150 valence electrons. The number of aryl methyl sites for hydroxylation is 1. The molecule has 2 N–H and O–H groups in total. The number of piperidine rings is 1. The summed E-state index contributed by atoms with van der Waals surface area (Å²) in [5.41, 5.74) is -1.07. The predicted octanol–water partition coefficient (Wildman–Crippen LogP) is 1.12. The fourth-order valence-electron chi connectivity index (χ4n) is 4.32. The molecular weight excluding hydrogens is 358 g/mol. The second-order valence-corrected chi connectivity index (χ2v) is 8.04. The first kappa shape index (κ1) is 18.9. The van der Waals surface area contributed by atoms with Gasteiger partial charge in [0.15, 0.2) is 0 Å². The highest BCUT2D eigenvalue weighted by molar-refractivity contribution is 5.92. The van der Waals surface area contributed by atoms with Gasteiger partial charge in [0.05, 0.1) is 17.5 Å². The van der Waals surface area contributed by atoms with E-state index in [0.29, 0.717) is 31.6 Å². The highest BCUT2D eigenvalue weighted by atomic mass is 16.5. The molecule has 0 radical (unpaired) electrons. The van der Waals surface area contributed by atoms with Crippen molar-refractivity contribution >= 4 is 11.7 Å². The number of anilines is 1. The Hall–Kier alpha value is -2.45. The maximum atomic E-state index is 12.6. The van der Waals surface area contributed by atoms with Crippen LogP contribution in [-0.4, -0.2) is 62.5 Å². The Labute approximate surface area is 164 Å². The van der Waals surface area contributed by atoms with Gasteiger partial charge in [-0.25, -0.2) is 9.97 Å². The number of aliphatic hydroxyl groups excluding tert-OH is 1. The topological polar surface area (TPSA) is 92.5 Å². The molecule has 0 unspecified atom stereocenters. The van der Waals surface area contributed by atoms with Crippen molar-refractivity contribution in [1.29, 1.82) is 0 Å². The van der Waals surface area contributed by atoms with E-state index < -0.39 is 17.2 Å². The van der Waals surface area contributed by atoms with Gasteiger partial charge in [0.1, 0.15) is 17.6 Å². The van der Waals surface area contributed by atoms with Gasteiger partial charge in [0.2, 0.25) is 0 Å². The van der Waals surface area contributed by atoms with Gasteiger partial charge in [-0.05, 0) is 38.3 Å². The summed E-state index contributed by atoms with van der Waals surface area (Å²) in [7, 11) is 1.82. The van der Waals surface area contributed by atoms with Crippen LogP contribution in [0.15, 0.2) is 36.9 Å². The number of aromatic nitrogens is 3. The Bertz CT molecular complexity index is 831. The summed E-state index contributed by atoms with van der Waals surface area (Å²) in [5.74, 6) is 0.666. The molecule has 8 heteroatoms. The molecule has 2 aliphatic rings.